The van der Waals surface area contributed by atoms with Gasteiger partial charge < -0.3 is 15.4 Å². The number of anilines is 1. The topological polar surface area (TPSA) is 111 Å². The van der Waals surface area contributed by atoms with Crippen molar-refractivity contribution in [1.29, 1.82) is 0 Å². The van der Waals surface area contributed by atoms with Crippen LogP contribution in [0.2, 0.25) is 0 Å². The number of amides is 2. The molecule has 29 heavy (non-hydrogen) atoms. The first-order valence-corrected chi connectivity index (χ1v) is 9.66. The molecule has 0 aromatic heterocycles. The van der Waals surface area contributed by atoms with Crippen molar-refractivity contribution < 1.29 is 19.2 Å². The van der Waals surface area contributed by atoms with Crippen LogP contribution in [0.1, 0.15) is 26.3 Å². The van der Waals surface area contributed by atoms with Crippen LogP contribution in [0.25, 0.3) is 0 Å². The average molecular weight is 462 g/mol. The first-order valence-electron chi connectivity index (χ1n) is 8.87. The third kappa shape index (κ3) is 3.95. The Balaban J connectivity index is 2.14. The van der Waals surface area contributed by atoms with Crippen LogP contribution in [0.15, 0.2) is 46.9 Å². The van der Waals surface area contributed by atoms with Gasteiger partial charge >= 0.3 is 5.69 Å². The Bertz CT molecular complexity index is 1000. The third-order valence-corrected chi connectivity index (χ3v) is 4.85. The number of nitro groups is 1. The second-order valence-corrected chi connectivity index (χ2v) is 8.81. The summed E-state index contributed by atoms with van der Waals surface area (Å²) in [7, 11) is 0. The number of para-hydroxylation sites is 2. The van der Waals surface area contributed by atoms with Crippen molar-refractivity contribution in [2.75, 3.05) is 11.9 Å². The highest BCUT2D eigenvalue weighted by molar-refractivity contribution is 9.10. The zero-order valence-corrected chi connectivity index (χ0v) is 17.7. The molecule has 0 radical (unpaired) electrons. The lowest BCUT2D eigenvalue weighted by molar-refractivity contribution is -0.386. The lowest BCUT2D eigenvalue weighted by atomic mass is 9.92. The number of nitrogens with one attached hydrogen (secondary N) is 2. The molecule has 8 nitrogen and oxygen atoms in total. The molecule has 2 aromatic rings. The van der Waals surface area contributed by atoms with E-state index in [0.717, 1.165) is 0 Å². The Hall–Kier alpha value is -2.94. The number of ether oxygens (including phenoxy) is 1. The number of carbonyl (C=O) groups is 2. The molecule has 152 valence electrons. The van der Waals surface area contributed by atoms with E-state index in [-0.39, 0.29) is 29.0 Å². The summed E-state index contributed by atoms with van der Waals surface area (Å²) in [6, 6.07) is 10.6. The summed E-state index contributed by atoms with van der Waals surface area (Å²) in [5.41, 5.74) is -2.00. The van der Waals surface area contributed by atoms with Gasteiger partial charge in [-0.15, -0.1) is 0 Å². The van der Waals surface area contributed by atoms with E-state index >= 15 is 0 Å². The quantitative estimate of drug-likeness (QED) is 0.400. The molecule has 0 saturated heterocycles. The van der Waals surface area contributed by atoms with Crippen LogP contribution < -0.4 is 15.4 Å². The van der Waals surface area contributed by atoms with Crippen LogP contribution >= 0.6 is 15.9 Å². The summed E-state index contributed by atoms with van der Waals surface area (Å²) in [6.07, 6.45) is 0. The molecular formula is C20H20BrN3O5. The van der Waals surface area contributed by atoms with Crippen molar-refractivity contribution in [3.05, 3.63) is 62.6 Å². The summed E-state index contributed by atoms with van der Waals surface area (Å²) in [4.78, 5) is 37.1. The van der Waals surface area contributed by atoms with Crippen LogP contribution in [0.3, 0.4) is 0 Å². The largest absolute Gasteiger partial charge is 0.455 e. The van der Waals surface area contributed by atoms with E-state index in [4.69, 9.17) is 4.74 Å². The van der Waals surface area contributed by atoms with Crippen molar-refractivity contribution in [3.63, 3.8) is 0 Å². The highest BCUT2D eigenvalue weighted by Gasteiger charge is 2.56. The summed E-state index contributed by atoms with van der Waals surface area (Å²) >= 11 is 3.34. The Labute approximate surface area is 175 Å². The molecule has 2 aromatic carbocycles. The molecule has 2 amide bonds. The molecule has 0 aliphatic carbocycles. The number of nitro benzene ring substituents is 1. The fourth-order valence-electron chi connectivity index (χ4n) is 2.95. The number of fused-ring (bicyclic) bond motifs is 1. The molecule has 1 aliphatic heterocycles. The average Bonchev–Trinajstić information content (AvgIpc) is 2.91. The minimum absolute atomic E-state index is 0.175. The Morgan fingerprint density at radius 3 is 2.62 bits per heavy atom. The molecule has 1 unspecified atom stereocenters. The SMILES string of the molecule is CC(C)(C)CNC(=O)C1(Oc2ccccc2[N+](=O)[O-])C(=O)Nc2ccc(Br)cc21. The van der Waals surface area contributed by atoms with Crippen LogP contribution in [-0.2, 0) is 15.2 Å². The number of rotatable bonds is 5. The van der Waals surface area contributed by atoms with Gasteiger partial charge in [0.25, 0.3) is 17.4 Å². The molecule has 1 aliphatic rings. The molecule has 9 heteroatoms. The number of hydrogen-bond donors (Lipinski definition) is 2. The smallest absolute Gasteiger partial charge is 0.311 e. The van der Waals surface area contributed by atoms with Crippen molar-refractivity contribution in [3.8, 4) is 5.75 Å². The predicted molar refractivity (Wildman–Crippen MR) is 111 cm³/mol. The van der Waals surface area contributed by atoms with E-state index in [1.807, 2.05) is 20.8 Å². The Morgan fingerprint density at radius 1 is 1.28 bits per heavy atom. The molecule has 0 bridgehead atoms. The standard InChI is InChI=1S/C20H20BrN3O5/c1-19(2,3)11-22-17(25)20(29-16-7-5-4-6-15(16)24(27)28)13-10-12(21)8-9-14(13)23-18(20)26/h4-10H,11H2,1-3H3,(H,22,25)(H,23,26). The van der Waals surface area contributed by atoms with Gasteiger partial charge in [-0.1, -0.05) is 48.8 Å². The highest BCUT2D eigenvalue weighted by atomic mass is 79.9. The number of hydrogen-bond acceptors (Lipinski definition) is 5. The van der Waals surface area contributed by atoms with Gasteiger partial charge in [0, 0.05) is 28.3 Å². The minimum Gasteiger partial charge on any atom is -0.455 e. The predicted octanol–water partition coefficient (Wildman–Crippen LogP) is 3.75. The molecule has 1 heterocycles. The van der Waals surface area contributed by atoms with Crippen LogP contribution in [0, 0.1) is 15.5 Å². The zero-order chi connectivity index (χ0) is 21.4. The minimum atomic E-state index is -2.10. The van der Waals surface area contributed by atoms with Gasteiger partial charge in [-0.2, -0.15) is 0 Å². The maximum Gasteiger partial charge on any atom is 0.311 e. The summed E-state index contributed by atoms with van der Waals surface area (Å²) in [5.74, 6) is -1.58. The summed E-state index contributed by atoms with van der Waals surface area (Å²) < 4.78 is 6.52. The van der Waals surface area contributed by atoms with Crippen LogP contribution in [-0.4, -0.2) is 23.3 Å². The van der Waals surface area contributed by atoms with Crippen LogP contribution in [0.4, 0.5) is 11.4 Å². The number of benzene rings is 2. The molecule has 3 rings (SSSR count). The fourth-order valence-corrected chi connectivity index (χ4v) is 3.31. The van der Waals surface area contributed by atoms with Crippen LogP contribution in [0.5, 0.6) is 5.75 Å². The monoisotopic (exact) mass is 461 g/mol. The highest BCUT2D eigenvalue weighted by Crippen LogP contribution is 2.43. The van der Waals surface area contributed by atoms with Gasteiger partial charge in [-0.05, 0) is 29.7 Å². The van der Waals surface area contributed by atoms with Crippen molar-refractivity contribution >= 4 is 39.1 Å². The normalized spacial score (nSPS) is 18.0. The summed E-state index contributed by atoms with van der Waals surface area (Å²) in [6.45, 7) is 6.08. The lowest BCUT2D eigenvalue weighted by Crippen LogP contribution is -2.54. The second kappa shape index (κ2) is 7.47. The lowest BCUT2D eigenvalue weighted by Gasteiger charge is -2.29. The molecular weight excluding hydrogens is 442 g/mol. The molecule has 2 N–H and O–H groups in total. The van der Waals surface area contributed by atoms with Gasteiger partial charge in [0.2, 0.25) is 0 Å². The van der Waals surface area contributed by atoms with Gasteiger partial charge in [-0.3, -0.25) is 19.7 Å². The van der Waals surface area contributed by atoms with E-state index in [1.54, 1.807) is 18.2 Å². The molecule has 0 fully saturated rings. The Kier molecular flexibility index (Phi) is 5.36. The maximum atomic E-state index is 13.3. The first kappa shape index (κ1) is 20.8. The van der Waals surface area contributed by atoms with E-state index in [9.17, 15) is 19.7 Å². The summed E-state index contributed by atoms with van der Waals surface area (Å²) in [5, 5.41) is 16.8. The molecule has 1 atom stereocenters. The number of carbonyl (C=O) groups excluding carboxylic acids is 2. The van der Waals surface area contributed by atoms with E-state index in [1.165, 1.54) is 24.3 Å². The van der Waals surface area contributed by atoms with Crippen molar-refractivity contribution in [1.82, 2.24) is 5.32 Å². The van der Waals surface area contributed by atoms with Crippen molar-refractivity contribution in [2.24, 2.45) is 5.41 Å². The number of nitrogens with zero attached hydrogens (tertiary/aromatic N) is 1. The van der Waals surface area contributed by atoms with E-state index in [0.29, 0.717) is 10.2 Å². The van der Waals surface area contributed by atoms with Gasteiger partial charge in [0.15, 0.2) is 5.75 Å². The fraction of sp³-hybridized carbons (Fsp3) is 0.300. The zero-order valence-electron chi connectivity index (χ0n) is 16.1. The van der Waals surface area contributed by atoms with Gasteiger partial charge in [0.05, 0.1) is 4.92 Å². The molecule has 0 saturated carbocycles. The number of halogens is 1. The van der Waals surface area contributed by atoms with Crippen molar-refractivity contribution in [2.45, 2.75) is 26.4 Å². The van der Waals surface area contributed by atoms with Gasteiger partial charge in [-0.25, -0.2) is 0 Å². The first-order chi connectivity index (χ1) is 13.5. The second-order valence-electron chi connectivity index (χ2n) is 7.90. The van der Waals surface area contributed by atoms with E-state index in [2.05, 4.69) is 26.6 Å². The van der Waals surface area contributed by atoms with E-state index < -0.39 is 22.3 Å². The van der Waals surface area contributed by atoms with Gasteiger partial charge in [0.1, 0.15) is 0 Å². The Morgan fingerprint density at radius 2 is 1.97 bits per heavy atom. The maximum absolute atomic E-state index is 13.3. The molecule has 0 spiro atoms. The third-order valence-electron chi connectivity index (χ3n) is 4.35.